The lowest BCUT2D eigenvalue weighted by atomic mass is 10.1. The number of carbonyl (C=O) groups excluding carboxylic acids is 1. The maximum Gasteiger partial charge on any atom is 0.239 e. The van der Waals surface area contributed by atoms with Gasteiger partial charge in [-0.2, -0.15) is 0 Å². The largest absolute Gasteiger partial charge is 0.341 e. The van der Waals surface area contributed by atoms with Crippen LogP contribution in [-0.4, -0.2) is 29.9 Å². The van der Waals surface area contributed by atoms with Gasteiger partial charge in [0.25, 0.3) is 0 Å². The van der Waals surface area contributed by atoms with Crippen molar-refractivity contribution in [3.63, 3.8) is 0 Å². The zero-order chi connectivity index (χ0) is 13.0. The lowest BCUT2D eigenvalue weighted by molar-refractivity contribution is -0.134. The minimum Gasteiger partial charge on any atom is -0.341 e. The van der Waals surface area contributed by atoms with Crippen molar-refractivity contribution in [3.05, 3.63) is 22.4 Å². The zero-order valence-electron chi connectivity index (χ0n) is 11.2. The van der Waals surface area contributed by atoms with E-state index in [1.807, 2.05) is 11.8 Å². The van der Waals surface area contributed by atoms with E-state index in [0.29, 0.717) is 0 Å². The predicted octanol–water partition coefficient (Wildman–Crippen LogP) is 2.80. The Balaban J connectivity index is 1.86. The number of amides is 1. The van der Waals surface area contributed by atoms with Crippen molar-refractivity contribution >= 4 is 17.2 Å². The van der Waals surface area contributed by atoms with Gasteiger partial charge >= 0.3 is 0 Å². The van der Waals surface area contributed by atoms with E-state index in [-0.39, 0.29) is 18.0 Å². The molecule has 0 radical (unpaired) electrons. The summed E-state index contributed by atoms with van der Waals surface area (Å²) in [5.41, 5.74) is 0. The van der Waals surface area contributed by atoms with Crippen LogP contribution in [0, 0.1) is 0 Å². The molecule has 1 unspecified atom stereocenters. The molecule has 18 heavy (non-hydrogen) atoms. The Morgan fingerprint density at radius 1 is 1.33 bits per heavy atom. The van der Waals surface area contributed by atoms with Crippen LogP contribution in [0.15, 0.2) is 17.5 Å². The number of rotatable bonds is 4. The fourth-order valence-electron chi connectivity index (χ4n) is 2.45. The van der Waals surface area contributed by atoms with Gasteiger partial charge < -0.3 is 4.90 Å². The minimum atomic E-state index is -0.0970. The number of carbonyl (C=O) groups is 1. The second-order valence-corrected chi connectivity index (χ2v) is 5.99. The average Bonchev–Trinajstić information content (AvgIpc) is 2.92. The first-order valence-corrected chi connectivity index (χ1v) is 7.64. The summed E-state index contributed by atoms with van der Waals surface area (Å²) in [4.78, 5) is 15.6. The van der Waals surface area contributed by atoms with Gasteiger partial charge in [-0.05, 0) is 44.6 Å². The molecule has 1 fully saturated rings. The molecule has 2 atom stereocenters. The van der Waals surface area contributed by atoms with Crippen LogP contribution in [0.25, 0.3) is 0 Å². The van der Waals surface area contributed by atoms with Gasteiger partial charge in [0.15, 0.2) is 0 Å². The van der Waals surface area contributed by atoms with E-state index in [1.165, 1.54) is 11.3 Å². The molecule has 0 aliphatic carbocycles. The Morgan fingerprint density at radius 3 is 2.67 bits per heavy atom. The van der Waals surface area contributed by atoms with Gasteiger partial charge in [-0.1, -0.05) is 6.07 Å². The zero-order valence-corrected chi connectivity index (χ0v) is 12.0. The molecule has 1 aromatic rings. The fraction of sp³-hybridized carbons (Fsp3) is 0.643. The van der Waals surface area contributed by atoms with E-state index in [1.54, 1.807) is 11.3 Å². The third-order valence-electron chi connectivity index (χ3n) is 3.51. The first kappa shape index (κ1) is 13.6. The molecule has 2 heterocycles. The predicted molar refractivity (Wildman–Crippen MR) is 75.8 cm³/mol. The van der Waals surface area contributed by atoms with Crippen molar-refractivity contribution in [1.82, 2.24) is 10.2 Å². The molecule has 0 bridgehead atoms. The summed E-state index contributed by atoms with van der Waals surface area (Å²) in [5.74, 6) is 0.248. The van der Waals surface area contributed by atoms with E-state index >= 15 is 0 Å². The van der Waals surface area contributed by atoms with E-state index in [0.717, 1.165) is 25.9 Å². The summed E-state index contributed by atoms with van der Waals surface area (Å²) < 4.78 is 0. The highest BCUT2D eigenvalue weighted by atomic mass is 32.1. The highest BCUT2D eigenvalue weighted by molar-refractivity contribution is 7.10. The molecule has 0 saturated carbocycles. The monoisotopic (exact) mass is 266 g/mol. The third-order valence-corrected chi connectivity index (χ3v) is 4.56. The number of hydrogen-bond donors (Lipinski definition) is 1. The number of hydrogen-bond acceptors (Lipinski definition) is 3. The summed E-state index contributed by atoms with van der Waals surface area (Å²) in [6.45, 7) is 5.95. The van der Waals surface area contributed by atoms with Gasteiger partial charge in [0, 0.05) is 24.0 Å². The van der Waals surface area contributed by atoms with E-state index in [2.05, 4.69) is 29.8 Å². The minimum absolute atomic E-state index is 0.0970. The van der Waals surface area contributed by atoms with Crippen LogP contribution < -0.4 is 5.32 Å². The lowest BCUT2D eigenvalue weighted by Gasteiger charge is -2.30. The molecule has 100 valence electrons. The smallest absolute Gasteiger partial charge is 0.239 e. The molecule has 1 saturated heterocycles. The van der Waals surface area contributed by atoms with Crippen LogP contribution in [0.4, 0.5) is 0 Å². The van der Waals surface area contributed by atoms with E-state index in [4.69, 9.17) is 0 Å². The quantitative estimate of drug-likeness (QED) is 0.909. The molecular formula is C14H22N2OS. The Hall–Kier alpha value is -0.870. The summed E-state index contributed by atoms with van der Waals surface area (Å²) in [7, 11) is 0. The van der Waals surface area contributed by atoms with Gasteiger partial charge in [0.1, 0.15) is 0 Å². The second-order valence-electron chi connectivity index (χ2n) is 5.01. The normalized spacial score (nSPS) is 19.6. The molecule has 1 aromatic heterocycles. The van der Waals surface area contributed by atoms with Crippen molar-refractivity contribution in [2.24, 2.45) is 0 Å². The molecule has 1 aliphatic heterocycles. The standard InChI is InChI=1S/C14H22N2OS/c1-11(13-7-6-10-18-13)15-12(2)14(17)16-8-4-3-5-9-16/h6-7,10-12,15H,3-5,8-9H2,1-2H3/t11-,12?/m1/s1. The van der Waals surface area contributed by atoms with Gasteiger partial charge in [-0.15, -0.1) is 11.3 Å². The highest BCUT2D eigenvalue weighted by Crippen LogP contribution is 2.19. The molecule has 1 aliphatic rings. The summed E-state index contributed by atoms with van der Waals surface area (Å²) in [5, 5.41) is 5.47. The second kappa shape index (κ2) is 6.34. The molecule has 0 aromatic carbocycles. The Kier molecular flexibility index (Phi) is 4.78. The van der Waals surface area contributed by atoms with Crippen LogP contribution in [0.2, 0.25) is 0 Å². The van der Waals surface area contributed by atoms with Crippen LogP contribution in [0.5, 0.6) is 0 Å². The van der Waals surface area contributed by atoms with Gasteiger partial charge in [0.05, 0.1) is 6.04 Å². The topological polar surface area (TPSA) is 32.3 Å². The Morgan fingerprint density at radius 2 is 2.06 bits per heavy atom. The number of thiophene rings is 1. The van der Waals surface area contributed by atoms with Gasteiger partial charge in [0.2, 0.25) is 5.91 Å². The van der Waals surface area contributed by atoms with Crippen LogP contribution in [0.1, 0.15) is 44.0 Å². The Labute approximate surface area is 113 Å². The molecule has 3 nitrogen and oxygen atoms in total. The van der Waals surface area contributed by atoms with E-state index < -0.39 is 0 Å². The molecule has 4 heteroatoms. The number of piperidine rings is 1. The Bertz CT molecular complexity index is 371. The van der Waals surface area contributed by atoms with Crippen LogP contribution in [-0.2, 0) is 4.79 Å². The first-order chi connectivity index (χ1) is 8.68. The van der Waals surface area contributed by atoms with Crippen molar-refractivity contribution in [2.45, 2.75) is 45.2 Å². The number of likely N-dealkylation sites (tertiary alicyclic amines) is 1. The van der Waals surface area contributed by atoms with Crippen molar-refractivity contribution in [3.8, 4) is 0 Å². The van der Waals surface area contributed by atoms with Crippen LogP contribution in [0.3, 0.4) is 0 Å². The van der Waals surface area contributed by atoms with Crippen molar-refractivity contribution in [2.75, 3.05) is 13.1 Å². The maximum atomic E-state index is 12.3. The maximum absolute atomic E-state index is 12.3. The number of nitrogens with one attached hydrogen (secondary N) is 1. The van der Waals surface area contributed by atoms with Gasteiger partial charge in [-0.3, -0.25) is 10.1 Å². The summed E-state index contributed by atoms with van der Waals surface area (Å²) >= 11 is 1.73. The van der Waals surface area contributed by atoms with Crippen LogP contribution >= 0.6 is 11.3 Å². The summed E-state index contributed by atoms with van der Waals surface area (Å²) in [6, 6.07) is 4.31. The van der Waals surface area contributed by atoms with Crippen molar-refractivity contribution in [1.29, 1.82) is 0 Å². The van der Waals surface area contributed by atoms with E-state index in [9.17, 15) is 4.79 Å². The molecule has 2 rings (SSSR count). The average molecular weight is 266 g/mol. The van der Waals surface area contributed by atoms with Gasteiger partial charge in [-0.25, -0.2) is 0 Å². The molecule has 0 spiro atoms. The number of nitrogens with zero attached hydrogens (tertiary/aromatic N) is 1. The SMILES string of the molecule is CC(N[C@H](C)c1cccs1)C(=O)N1CCCCC1. The molecule has 1 amide bonds. The van der Waals surface area contributed by atoms with Crippen molar-refractivity contribution < 1.29 is 4.79 Å². The lowest BCUT2D eigenvalue weighted by Crippen LogP contribution is -2.47. The fourth-order valence-corrected chi connectivity index (χ4v) is 3.20. The highest BCUT2D eigenvalue weighted by Gasteiger charge is 2.23. The molecular weight excluding hydrogens is 244 g/mol. The molecule has 1 N–H and O–H groups in total. The third kappa shape index (κ3) is 3.33. The summed E-state index contributed by atoms with van der Waals surface area (Å²) in [6.07, 6.45) is 3.56. The first-order valence-electron chi connectivity index (χ1n) is 6.76.